The second kappa shape index (κ2) is 7.00. The third-order valence-electron chi connectivity index (χ3n) is 2.33. The molecule has 0 aliphatic heterocycles. The van der Waals surface area contributed by atoms with Crippen molar-refractivity contribution in [2.45, 2.75) is 33.4 Å². The van der Waals surface area contributed by atoms with Crippen LogP contribution in [0.25, 0.3) is 0 Å². The number of aromatic nitrogens is 2. The van der Waals surface area contributed by atoms with Gasteiger partial charge in [-0.25, -0.2) is 4.98 Å². The molecule has 90 valence electrons. The zero-order chi connectivity index (χ0) is 11.8. The molecule has 0 saturated heterocycles. The average Bonchev–Trinajstić information content (AvgIpc) is 2.72. The van der Waals surface area contributed by atoms with E-state index in [0.717, 1.165) is 12.4 Å². The maximum Gasteiger partial charge on any atom is 0.221 e. The lowest BCUT2D eigenvalue weighted by Gasteiger charge is -2.06. The Morgan fingerprint density at radius 2 is 2.31 bits per heavy atom. The van der Waals surface area contributed by atoms with Crippen molar-refractivity contribution in [3.8, 4) is 0 Å². The molecule has 1 rings (SSSR count). The highest BCUT2D eigenvalue weighted by Gasteiger charge is 2.01. The van der Waals surface area contributed by atoms with Crippen molar-refractivity contribution < 1.29 is 4.79 Å². The summed E-state index contributed by atoms with van der Waals surface area (Å²) < 4.78 is 2.08. The monoisotopic (exact) mass is 224 g/mol. The zero-order valence-electron chi connectivity index (χ0n) is 9.99. The molecule has 5 heteroatoms. The van der Waals surface area contributed by atoms with E-state index in [4.69, 9.17) is 0 Å². The van der Waals surface area contributed by atoms with Crippen molar-refractivity contribution in [3.05, 3.63) is 18.2 Å². The first kappa shape index (κ1) is 12.7. The number of rotatable bonds is 7. The Kier molecular flexibility index (Phi) is 5.56. The largest absolute Gasteiger partial charge is 0.356 e. The van der Waals surface area contributed by atoms with Gasteiger partial charge in [-0.3, -0.25) is 4.79 Å². The quantitative estimate of drug-likeness (QED) is 0.664. The minimum absolute atomic E-state index is 0.0915. The van der Waals surface area contributed by atoms with E-state index in [0.29, 0.717) is 26.1 Å². The van der Waals surface area contributed by atoms with Gasteiger partial charge in [0, 0.05) is 38.4 Å². The summed E-state index contributed by atoms with van der Waals surface area (Å²) in [5, 5.41) is 5.97. The molecule has 16 heavy (non-hydrogen) atoms. The van der Waals surface area contributed by atoms with Crippen molar-refractivity contribution in [1.82, 2.24) is 20.2 Å². The Labute approximate surface area is 96.3 Å². The average molecular weight is 224 g/mol. The molecule has 0 saturated carbocycles. The van der Waals surface area contributed by atoms with Crippen LogP contribution in [0.5, 0.6) is 0 Å². The third-order valence-corrected chi connectivity index (χ3v) is 2.33. The molecule has 0 aromatic carbocycles. The Hall–Kier alpha value is -1.36. The van der Waals surface area contributed by atoms with Gasteiger partial charge in [0.15, 0.2) is 0 Å². The second-order valence-electron chi connectivity index (χ2n) is 3.51. The number of aryl methyl sites for hydroxylation is 1. The second-order valence-corrected chi connectivity index (χ2v) is 3.51. The molecule has 0 fully saturated rings. The fraction of sp³-hybridized carbons (Fsp3) is 0.636. The molecule has 0 aliphatic rings. The summed E-state index contributed by atoms with van der Waals surface area (Å²) >= 11 is 0. The summed E-state index contributed by atoms with van der Waals surface area (Å²) in [6.07, 6.45) is 4.27. The molecule has 0 spiro atoms. The van der Waals surface area contributed by atoms with E-state index < -0.39 is 0 Å². The topological polar surface area (TPSA) is 59.0 Å². The standard InChI is InChI=1S/C11H20N4O/c1-3-13-11(16)5-6-12-9-10-14-7-8-15(10)4-2/h7-8,12H,3-6,9H2,1-2H3,(H,13,16). The van der Waals surface area contributed by atoms with Crippen LogP contribution in [-0.2, 0) is 17.9 Å². The van der Waals surface area contributed by atoms with E-state index in [1.54, 1.807) is 6.20 Å². The molecule has 1 heterocycles. The number of hydrogen-bond acceptors (Lipinski definition) is 3. The lowest BCUT2D eigenvalue weighted by atomic mass is 10.4. The summed E-state index contributed by atoms with van der Waals surface area (Å²) in [5.74, 6) is 1.10. The fourth-order valence-electron chi connectivity index (χ4n) is 1.48. The van der Waals surface area contributed by atoms with Gasteiger partial charge in [0.2, 0.25) is 5.91 Å². The molecule has 0 bridgehead atoms. The van der Waals surface area contributed by atoms with Gasteiger partial charge < -0.3 is 15.2 Å². The van der Waals surface area contributed by atoms with Crippen molar-refractivity contribution >= 4 is 5.91 Å². The minimum atomic E-state index is 0.0915. The van der Waals surface area contributed by atoms with E-state index in [-0.39, 0.29) is 5.91 Å². The number of nitrogens with zero attached hydrogens (tertiary/aromatic N) is 2. The number of hydrogen-bond donors (Lipinski definition) is 2. The van der Waals surface area contributed by atoms with E-state index in [1.165, 1.54) is 0 Å². The molecule has 1 amide bonds. The van der Waals surface area contributed by atoms with Crippen LogP contribution in [0.1, 0.15) is 26.1 Å². The normalized spacial score (nSPS) is 10.4. The SMILES string of the molecule is CCNC(=O)CCNCc1nccn1CC. The first-order chi connectivity index (χ1) is 7.77. The molecule has 0 unspecified atom stereocenters. The summed E-state index contributed by atoms with van der Waals surface area (Å²) in [5.41, 5.74) is 0. The van der Waals surface area contributed by atoms with Crippen LogP contribution in [0.15, 0.2) is 12.4 Å². The number of nitrogens with one attached hydrogen (secondary N) is 2. The first-order valence-corrected chi connectivity index (χ1v) is 5.75. The molecular weight excluding hydrogens is 204 g/mol. The van der Waals surface area contributed by atoms with Crippen LogP contribution in [0, 0.1) is 0 Å². The summed E-state index contributed by atoms with van der Waals surface area (Å²) in [6.45, 7) is 7.01. The Balaban J connectivity index is 2.18. The fourth-order valence-corrected chi connectivity index (χ4v) is 1.48. The van der Waals surface area contributed by atoms with Crippen LogP contribution in [-0.4, -0.2) is 28.5 Å². The van der Waals surface area contributed by atoms with Gasteiger partial charge in [-0.15, -0.1) is 0 Å². The Morgan fingerprint density at radius 1 is 1.50 bits per heavy atom. The number of amides is 1. The molecule has 0 aliphatic carbocycles. The van der Waals surface area contributed by atoms with Crippen LogP contribution >= 0.6 is 0 Å². The van der Waals surface area contributed by atoms with Gasteiger partial charge in [0.1, 0.15) is 5.82 Å². The highest BCUT2D eigenvalue weighted by molar-refractivity contribution is 5.75. The number of carbonyl (C=O) groups is 1. The van der Waals surface area contributed by atoms with Gasteiger partial charge in [0.25, 0.3) is 0 Å². The third kappa shape index (κ3) is 4.02. The van der Waals surface area contributed by atoms with Gasteiger partial charge >= 0.3 is 0 Å². The van der Waals surface area contributed by atoms with Crippen LogP contribution in [0.3, 0.4) is 0 Å². The molecule has 1 aromatic rings. The number of carbonyl (C=O) groups excluding carboxylic acids is 1. The van der Waals surface area contributed by atoms with Gasteiger partial charge in [-0.2, -0.15) is 0 Å². The molecule has 2 N–H and O–H groups in total. The van der Waals surface area contributed by atoms with Crippen LogP contribution < -0.4 is 10.6 Å². The van der Waals surface area contributed by atoms with Crippen molar-refractivity contribution in [3.63, 3.8) is 0 Å². The first-order valence-electron chi connectivity index (χ1n) is 5.75. The van der Waals surface area contributed by atoms with E-state index in [2.05, 4.69) is 27.1 Å². The lowest BCUT2D eigenvalue weighted by Crippen LogP contribution is -2.27. The number of imidazole rings is 1. The minimum Gasteiger partial charge on any atom is -0.356 e. The van der Waals surface area contributed by atoms with Gasteiger partial charge in [0.05, 0.1) is 6.54 Å². The Bertz CT molecular complexity index is 322. The molecular formula is C11H20N4O. The van der Waals surface area contributed by atoms with Crippen LogP contribution in [0.2, 0.25) is 0 Å². The van der Waals surface area contributed by atoms with Gasteiger partial charge in [-0.05, 0) is 13.8 Å². The summed E-state index contributed by atoms with van der Waals surface area (Å²) in [6, 6.07) is 0. The van der Waals surface area contributed by atoms with E-state index in [9.17, 15) is 4.79 Å². The predicted octanol–water partition coefficient (Wildman–Crippen LogP) is 0.519. The Morgan fingerprint density at radius 3 is 3.00 bits per heavy atom. The maximum absolute atomic E-state index is 11.2. The van der Waals surface area contributed by atoms with Crippen molar-refractivity contribution in [1.29, 1.82) is 0 Å². The van der Waals surface area contributed by atoms with Crippen molar-refractivity contribution in [2.24, 2.45) is 0 Å². The van der Waals surface area contributed by atoms with Crippen molar-refractivity contribution in [2.75, 3.05) is 13.1 Å². The molecule has 1 aromatic heterocycles. The zero-order valence-corrected chi connectivity index (χ0v) is 9.99. The van der Waals surface area contributed by atoms with Crippen LogP contribution in [0.4, 0.5) is 0 Å². The predicted molar refractivity (Wildman–Crippen MR) is 62.9 cm³/mol. The highest BCUT2D eigenvalue weighted by atomic mass is 16.1. The molecule has 5 nitrogen and oxygen atoms in total. The van der Waals surface area contributed by atoms with Gasteiger partial charge in [-0.1, -0.05) is 0 Å². The summed E-state index contributed by atoms with van der Waals surface area (Å²) in [7, 11) is 0. The smallest absolute Gasteiger partial charge is 0.221 e. The molecule has 0 atom stereocenters. The highest BCUT2D eigenvalue weighted by Crippen LogP contribution is 1.96. The molecule has 0 radical (unpaired) electrons. The lowest BCUT2D eigenvalue weighted by molar-refractivity contribution is -0.120. The van der Waals surface area contributed by atoms with E-state index >= 15 is 0 Å². The van der Waals surface area contributed by atoms with E-state index in [1.807, 2.05) is 13.1 Å². The maximum atomic E-state index is 11.2. The summed E-state index contributed by atoms with van der Waals surface area (Å²) in [4.78, 5) is 15.4.